The number of nitrogens with zero attached hydrogens (tertiary/aromatic N) is 3. The minimum atomic E-state index is -0.421. The number of ether oxygens (including phenoxy) is 1. The Hall–Kier alpha value is -1.57. The van der Waals surface area contributed by atoms with Crippen LogP contribution in [-0.2, 0) is 27.8 Å². The Labute approximate surface area is 109 Å². The molecule has 8 heteroatoms. The second-order valence-electron chi connectivity index (χ2n) is 3.60. The highest BCUT2D eigenvalue weighted by atomic mass is 32.2. The van der Waals surface area contributed by atoms with E-state index in [1.807, 2.05) is 0 Å². The second kappa shape index (κ2) is 6.39. The molecule has 0 aliphatic rings. The number of esters is 1. The fraction of sp³-hybridized carbons (Fsp3) is 0.600. The first-order chi connectivity index (χ1) is 8.45. The van der Waals surface area contributed by atoms with Gasteiger partial charge in [-0.3, -0.25) is 9.59 Å². The highest BCUT2D eigenvalue weighted by molar-refractivity contribution is 8.00. The number of carbonyl (C=O) groups excluding carboxylic acids is 2. The molecule has 1 amide bonds. The van der Waals surface area contributed by atoms with E-state index in [-0.39, 0.29) is 12.4 Å². The van der Waals surface area contributed by atoms with Crippen molar-refractivity contribution in [2.75, 3.05) is 6.61 Å². The molecule has 0 unspecified atom stereocenters. The molecule has 0 saturated carbocycles. The van der Waals surface area contributed by atoms with E-state index in [4.69, 9.17) is 10.5 Å². The first-order valence-corrected chi connectivity index (χ1v) is 6.33. The van der Waals surface area contributed by atoms with Crippen LogP contribution in [0.2, 0.25) is 0 Å². The van der Waals surface area contributed by atoms with Gasteiger partial charge in [-0.15, -0.1) is 10.2 Å². The molecule has 0 aliphatic heterocycles. The van der Waals surface area contributed by atoms with Gasteiger partial charge in [0.1, 0.15) is 12.2 Å². The standard InChI is InChI=1S/C10H16N4O3S/c1-4-17-8(15)5-7-12-13-10(14(7)3)18-6(2)9(11)16/h6H,4-5H2,1-3H3,(H2,11,16)/t6-/m0/s1. The minimum absolute atomic E-state index is 0.0584. The van der Waals surface area contributed by atoms with E-state index in [1.165, 1.54) is 11.8 Å². The number of primary amides is 1. The molecule has 100 valence electrons. The molecule has 1 aromatic rings. The van der Waals surface area contributed by atoms with Gasteiger partial charge in [-0.05, 0) is 13.8 Å². The van der Waals surface area contributed by atoms with Crippen LogP contribution < -0.4 is 5.73 Å². The minimum Gasteiger partial charge on any atom is -0.466 e. The number of nitrogens with two attached hydrogens (primary N) is 1. The number of carbonyl (C=O) groups is 2. The second-order valence-corrected chi connectivity index (χ2v) is 4.91. The predicted octanol–water partition coefficient (Wildman–Crippen LogP) is -0.113. The Morgan fingerprint density at radius 2 is 2.17 bits per heavy atom. The highest BCUT2D eigenvalue weighted by Gasteiger charge is 2.18. The van der Waals surface area contributed by atoms with Crippen molar-refractivity contribution in [2.24, 2.45) is 12.8 Å². The summed E-state index contributed by atoms with van der Waals surface area (Å²) in [5.41, 5.74) is 5.17. The normalized spacial score (nSPS) is 12.2. The highest BCUT2D eigenvalue weighted by Crippen LogP contribution is 2.21. The molecule has 0 fully saturated rings. The Balaban J connectivity index is 2.71. The fourth-order valence-electron chi connectivity index (χ4n) is 1.16. The van der Waals surface area contributed by atoms with Crippen LogP contribution in [0.4, 0.5) is 0 Å². The van der Waals surface area contributed by atoms with E-state index in [1.54, 1.807) is 25.5 Å². The summed E-state index contributed by atoms with van der Waals surface area (Å²) in [7, 11) is 1.73. The first-order valence-electron chi connectivity index (χ1n) is 5.45. The monoisotopic (exact) mass is 272 g/mol. The maximum atomic E-state index is 11.3. The lowest BCUT2D eigenvalue weighted by atomic mass is 10.4. The number of hydrogen-bond acceptors (Lipinski definition) is 6. The Bertz CT molecular complexity index is 446. The summed E-state index contributed by atoms with van der Waals surface area (Å²) in [6, 6.07) is 0. The summed E-state index contributed by atoms with van der Waals surface area (Å²) >= 11 is 1.20. The van der Waals surface area contributed by atoms with E-state index in [0.717, 1.165) is 0 Å². The third kappa shape index (κ3) is 3.73. The largest absolute Gasteiger partial charge is 0.466 e. The average molecular weight is 272 g/mol. The molecule has 2 N–H and O–H groups in total. The zero-order chi connectivity index (χ0) is 13.7. The predicted molar refractivity (Wildman–Crippen MR) is 65.9 cm³/mol. The summed E-state index contributed by atoms with van der Waals surface area (Å²) in [4.78, 5) is 22.3. The molecule has 0 aliphatic carbocycles. The van der Waals surface area contributed by atoms with Gasteiger partial charge in [0.25, 0.3) is 0 Å². The van der Waals surface area contributed by atoms with E-state index in [2.05, 4.69) is 10.2 Å². The van der Waals surface area contributed by atoms with Gasteiger partial charge in [-0.1, -0.05) is 11.8 Å². The summed E-state index contributed by atoms with van der Waals surface area (Å²) < 4.78 is 6.48. The summed E-state index contributed by atoms with van der Waals surface area (Å²) in [6.07, 6.45) is 0.0584. The Morgan fingerprint density at radius 3 is 2.72 bits per heavy atom. The molecular weight excluding hydrogens is 256 g/mol. The van der Waals surface area contributed by atoms with Crippen molar-refractivity contribution in [1.82, 2.24) is 14.8 Å². The average Bonchev–Trinajstić information content (AvgIpc) is 2.61. The number of aromatic nitrogens is 3. The van der Waals surface area contributed by atoms with Gasteiger partial charge in [-0.2, -0.15) is 0 Å². The topological polar surface area (TPSA) is 100 Å². The van der Waals surface area contributed by atoms with Crippen LogP contribution in [0.15, 0.2) is 5.16 Å². The van der Waals surface area contributed by atoms with E-state index < -0.39 is 11.2 Å². The van der Waals surface area contributed by atoms with Gasteiger partial charge in [0.05, 0.1) is 11.9 Å². The van der Waals surface area contributed by atoms with Crippen LogP contribution in [0.5, 0.6) is 0 Å². The number of thioether (sulfide) groups is 1. The first kappa shape index (κ1) is 14.5. The summed E-state index contributed by atoms with van der Waals surface area (Å²) in [5, 5.41) is 7.94. The van der Waals surface area contributed by atoms with Crippen molar-refractivity contribution in [1.29, 1.82) is 0 Å². The molecule has 1 rings (SSSR count). The molecule has 0 bridgehead atoms. The third-order valence-corrected chi connectivity index (χ3v) is 3.37. The van der Waals surface area contributed by atoms with Crippen LogP contribution in [0.3, 0.4) is 0 Å². The van der Waals surface area contributed by atoms with E-state index >= 15 is 0 Å². The maximum absolute atomic E-state index is 11.3. The fourth-order valence-corrected chi connectivity index (χ4v) is 1.94. The number of hydrogen-bond donors (Lipinski definition) is 1. The van der Waals surface area contributed by atoms with Gasteiger partial charge in [0, 0.05) is 7.05 Å². The summed E-state index contributed by atoms with van der Waals surface area (Å²) in [6.45, 7) is 3.76. The SMILES string of the molecule is CCOC(=O)Cc1nnc(S[C@@H](C)C(N)=O)n1C. The van der Waals surface area contributed by atoms with Crippen molar-refractivity contribution in [2.45, 2.75) is 30.7 Å². The van der Waals surface area contributed by atoms with Gasteiger partial charge >= 0.3 is 5.97 Å². The zero-order valence-electron chi connectivity index (χ0n) is 10.5. The molecule has 0 aromatic carbocycles. The van der Waals surface area contributed by atoms with Crippen LogP contribution in [0, 0.1) is 0 Å². The van der Waals surface area contributed by atoms with E-state index in [9.17, 15) is 9.59 Å². The van der Waals surface area contributed by atoms with Crippen molar-refractivity contribution in [3.63, 3.8) is 0 Å². The molecule has 1 aromatic heterocycles. The molecular formula is C10H16N4O3S. The van der Waals surface area contributed by atoms with Crippen LogP contribution in [-0.4, -0.2) is 38.5 Å². The van der Waals surface area contributed by atoms with Crippen LogP contribution in [0.1, 0.15) is 19.7 Å². The third-order valence-electron chi connectivity index (χ3n) is 2.22. The molecule has 7 nitrogen and oxygen atoms in total. The molecule has 1 heterocycles. The van der Waals surface area contributed by atoms with Gasteiger partial charge in [0.15, 0.2) is 5.16 Å². The van der Waals surface area contributed by atoms with Crippen molar-refractivity contribution in [3.8, 4) is 0 Å². The lowest BCUT2D eigenvalue weighted by Gasteiger charge is -2.06. The molecule has 1 atom stereocenters. The van der Waals surface area contributed by atoms with Gasteiger partial charge in [0.2, 0.25) is 5.91 Å². The maximum Gasteiger partial charge on any atom is 0.313 e. The van der Waals surface area contributed by atoms with Crippen molar-refractivity contribution >= 4 is 23.6 Å². The number of amides is 1. The van der Waals surface area contributed by atoms with E-state index in [0.29, 0.717) is 17.6 Å². The smallest absolute Gasteiger partial charge is 0.313 e. The quantitative estimate of drug-likeness (QED) is 0.572. The van der Waals surface area contributed by atoms with Gasteiger partial charge < -0.3 is 15.0 Å². The lowest BCUT2D eigenvalue weighted by Crippen LogP contribution is -2.23. The molecule has 18 heavy (non-hydrogen) atoms. The lowest BCUT2D eigenvalue weighted by molar-refractivity contribution is -0.142. The molecule has 0 radical (unpaired) electrons. The Kier molecular flexibility index (Phi) is 5.14. The van der Waals surface area contributed by atoms with Crippen molar-refractivity contribution < 1.29 is 14.3 Å². The zero-order valence-corrected chi connectivity index (χ0v) is 11.4. The van der Waals surface area contributed by atoms with Crippen LogP contribution >= 0.6 is 11.8 Å². The summed E-state index contributed by atoms with van der Waals surface area (Å²) in [5.74, 6) is -0.282. The number of rotatable bonds is 6. The van der Waals surface area contributed by atoms with Crippen molar-refractivity contribution in [3.05, 3.63) is 5.82 Å². The molecule has 0 saturated heterocycles. The molecule has 0 spiro atoms. The van der Waals surface area contributed by atoms with Crippen LogP contribution in [0.25, 0.3) is 0 Å². The Morgan fingerprint density at radius 1 is 1.50 bits per heavy atom. The van der Waals surface area contributed by atoms with Gasteiger partial charge in [-0.25, -0.2) is 0 Å².